The fourth-order valence-electron chi connectivity index (χ4n) is 4.14. The van der Waals surface area contributed by atoms with E-state index in [1.54, 1.807) is 12.1 Å². The quantitative estimate of drug-likeness (QED) is 0.174. The van der Waals surface area contributed by atoms with Gasteiger partial charge in [0.05, 0.1) is 47.5 Å². The van der Waals surface area contributed by atoms with E-state index in [9.17, 15) is 23.5 Å². The highest BCUT2D eigenvalue weighted by atomic mass is 19.4. The molecule has 0 aliphatic carbocycles. The van der Waals surface area contributed by atoms with E-state index in [1.165, 1.54) is 37.6 Å². The summed E-state index contributed by atoms with van der Waals surface area (Å²) in [5, 5.41) is 29.9. The van der Waals surface area contributed by atoms with Crippen molar-refractivity contribution in [3.8, 4) is 17.6 Å². The standard InChI is InChI=1S/C28H30F3N9O2/c1-6-25(41)35-20-12-21(24(42-5)13-23(20)39(4)10-9-38(2)3)36-27-33-16-19(28(29,30)31)26(37-27)40-22-8-7-17(14-32)11-18(22)15-34-40/h6-8,11-13,15-16,25,35,41H,1,9-10H2,2-5H3,(H,33,36,37). The van der Waals surface area contributed by atoms with Crippen molar-refractivity contribution in [2.75, 3.05) is 56.9 Å². The van der Waals surface area contributed by atoms with Crippen molar-refractivity contribution < 1.29 is 23.0 Å². The molecule has 0 spiro atoms. The lowest BCUT2D eigenvalue weighted by atomic mass is 10.2. The average molecular weight is 582 g/mol. The minimum Gasteiger partial charge on any atom is -0.494 e. The number of anilines is 4. The van der Waals surface area contributed by atoms with Gasteiger partial charge in [0.1, 0.15) is 17.5 Å². The summed E-state index contributed by atoms with van der Waals surface area (Å²) >= 11 is 0. The van der Waals surface area contributed by atoms with Crippen LogP contribution in [0.25, 0.3) is 16.7 Å². The molecular weight excluding hydrogens is 551 g/mol. The van der Waals surface area contributed by atoms with Crippen molar-refractivity contribution in [1.82, 2.24) is 24.6 Å². The first-order chi connectivity index (χ1) is 19.9. The lowest BCUT2D eigenvalue weighted by molar-refractivity contribution is -0.138. The molecule has 0 amide bonds. The van der Waals surface area contributed by atoms with Crippen molar-refractivity contribution in [3.05, 3.63) is 66.5 Å². The van der Waals surface area contributed by atoms with Crippen molar-refractivity contribution in [1.29, 1.82) is 5.26 Å². The second kappa shape index (κ2) is 12.3. The van der Waals surface area contributed by atoms with Crippen LogP contribution < -0.4 is 20.3 Å². The first kappa shape index (κ1) is 30.1. The zero-order valence-corrected chi connectivity index (χ0v) is 23.4. The van der Waals surface area contributed by atoms with Crippen LogP contribution >= 0.6 is 0 Å². The Hall–Kier alpha value is -4.87. The molecule has 2 aromatic heterocycles. The third-order valence-corrected chi connectivity index (χ3v) is 6.36. The highest BCUT2D eigenvalue weighted by Crippen LogP contribution is 2.39. The van der Waals surface area contributed by atoms with E-state index >= 15 is 0 Å². The van der Waals surface area contributed by atoms with Crippen LogP contribution in [-0.4, -0.2) is 77.3 Å². The molecule has 11 nitrogen and oxygen atoms in total. The maximum atomic E-state index is 14.0. The van der Waals surface area contributed by atoms with Crippen LogP contribution in [0.15, 0.2) is 55.4 Å². The van der Waals surface area contributed by atoms with E-state index in [1.807, 2.05) is 37.0 Å². The molecule has 14 heteroatoms. The topological polar surface area (TPSA) is 127 Å². The van der Waals surface area contributed by atoms with Gasteiger partial charge in [-0.3, -0.25) is 0 Å². The largest absolute Gasteiger partial charge is 0.494 e. The molecule has 4 aromatic rings. The smallest absolute Gasteiger partial charge is 0.421 e. The molecule has 0 saturated carbocycles. The summed E-state index contributed by atoms with van der Waals surface area (Å²) in [5.74, 6) is -0.296. The molecule has 0 bridgehead atoms. The fraction of sp³-hybridized carbons (Fsp3) is 0.286. The first-order valence-electron chi connectivity index (χ1n) is 12.7. The summed E-state index contributed by atoms with van der Waals surface area (Å²) in [7, 11) is 7.25. The predicted molar refractivity (Wildman–Crippen MR) is 154 cm³/mol. The van der Waals surface area contributed by atoms with Gasteiger partial charge < -0.3 is 30.3 Å². The summed E-state index contributed by atoms with van der Waals surface area (Å²) in [6, 6.07) is 9.89. The number of hydrogen-bond donors (Lipinski definition) is 3. The van der Waals surface area contributed by atoms with Gasteiger partial charge in [-0.05, 0) is 44.4 Å². The van der Waals surface area contributed by atoms with Crippen LogP contribution in [0.4, 0.5) is 36.2 Å². The Balaban J connectivity index is 1.80. The Morgan fingerprint density at radius 2 is 1.93 bits per heavy atom. The van der Waals surface area contributed by atoms with E-state index in [2.05, 4.69) is 32.3 Å². The van der Waals surface area contributed by atoms with E-state index in [0.717, 1.165) is 11.2 Å². The number of halogens is 3. The zero-order valence-electron chi connectivity index (χ0n) is 23.4. The van der Waals surface area contributed by atoms with Gasteiger partial charge in [-0.2, -0.15) is 28.5 Å². The van der Waals surface area contributed by atoms with Gasteiger partial charge >= 0.3 is 6.18 Å². The maximum absolute atomic E-state index is 14.0. The lowest BCUT2D eigenvalue weighted by Crippen LogP contribution is -2.29. The summed E-state index contributed by atoms with van der Waals surface area (Å²) in [6.07, 6.45) is -2.48. The van der Waals surface area contributed by atoms with Crippen LogP contribution in [0.2, 0.25) is 0 Å². The van der Waals surface area contributed by atoms with Gasteiger partial charge in [-0.15, -0.1) is 0 Å². The van der Waals surface area contributed by atoms with Crippen LogP contribution in [-0.2, 0) is 6.18 Å². The third-order valence-electron chi connectivity index (χ3n) is 6.36. The molecule has 2 heterocycles. The molecule has 1 unspecified atom stereocenters. The number of aliphatic hydroxyl groups excluding tert-OH is 1. The normalized spacial score (nSPS) is 12.2. The zero-order chi connectivity index (χ0) is 30.6. The van der Waals surface area contributed by atoms with Gasteiger partial charge in [0, 0.05) is 37.8 Å². The number of hydrogen-bond acceptors (Lipinski definition) is 10. The molecule has 0 fully saturated rings. The minimum absolute atomic E-state index is 0.155. The van der Waals surface area contributed by atoms with Gasteiger partial charge in [0.2, 0.25) is 5.95 Å². The summed E-state index contributed by atoms with van der Waals surface area (Å²) < 4.78 is 48.7. The van der Waals surface area contributed by atoms with Crippen molar-refractivity contribution in [2.45, 2.75) is 12.4 Å². The number of aliphatic hydroxyl groups is 1. The summed E-state index contributed by atoms with van der Waals surface area (Å²) in [5.41, 5.74) is 1.12. The molecule has 0 aliphatic heterocycles. The van der Waals surface area contributed by atoms with E-state index < -0.39 is 23.8 Å². The molecule has 220 valence electrons. The molecule has 42 heavy (non-hydrogen) atoms. The third kappa shape index (κ3) is 6.54. The monoisotopic (exact) mass is 581 g/mol. The number of nitrogens with zero attached hydrogens (tertiary/aromatic N) is 7. The number of ether oxygens (including phenoxy) is 1. The lowest BCUT2D eigenvalue weighted by Gasteiger charge is -2.27. The van der Waals surface area contributed by atoms with Crippen LogP contribution in [0.5, 0.6) is 5.75 Å². The van der Waals surface area contributed by atoms with E-state index in [4.69, 9.17) is 4.74 Å². The number of rotatable bonds is 11. The summed E-state index contributed by atoms with van der Waals surface area (Å²) in [4.78, 5) is 12.1. The second-order valence-corrected chi connectivity index (χ2v) is 9.61. The Labute approximate surface area is 240 Å². The highest BCUT2D eigenvalue weighted by molar-refractivity contribution is 5.82. The van der Waals surface area contributed by atoms with Gasteiger partial charge in [0.25, 0.3) is 0 Å². The number of methoxy groups -OCH3 is 1. The van der Waals surface area contributed by atoms with Crippen LogP contribution in [0.1, 0.15) is 11.1 Å². The van der Waals surface area contributed by atoms with Gasteiger partial charge in [0.15, 0.2) is 5.82 Å². The van der Waals surface area contributed by atoms with Crippen molar-refractivity contribution >= 4 is 33.9 Å². The number of alkyl halides is 3. The number of benzene rings is 2. The molecule has 1 atom stereocenters. The Bertz CT molecular complexity index is 1630. The number of nitriles is 1. The van der Waals surface area contributed by atoms with Gasteiger partial charge in [-0.1, -0.05) is 6.58 Å². The summed E-state index contributed by atoms with van der Waals surface area (Å²) in [6.45, 7) is 5.01. The highest BCUT2D eigenvalue weighted by Gasteiger charge is 2.36. The second-order valence-electron chi connectivity index (χ2n) is 9.61. The van der Waals surface area contributed by atoms with Crippen LogP contribution in [0, 0.1) is 11.3 Å². The van der Waals surface area contributed by atoms with E-state index in [0.29, 0.717) is 52.0 Å². The molecular formula is C28H30F3N9O2. The Kier molecular flexibility index (Phi) is 8.84. The molecule has 4 rings (SSSR count). The number of aromatic nitrogens is 4. The van der Waals surface area contributed by atoms with Gasteiger partial charge in [-0.25, -0.2) is 9.67 Å². The number of likely N-dealkylation sites (N-methyl/N-ethyl adjacent to an activating group) is 2. The van der Waals surface area contributed by atoms with Crippen LogP contribution in [0.3, 0.4) is 0 Å². The average Bonchev–Trinajstić information content (AvgIpc) is 3.38. The number of fused-ring (bicyclic) bond motifs is 1. The fourth-order valence-corrected chi connectivity index (χ4v) is 4.14. The predicted octanol–water partition coefficient (Wildman–Crippen LogP) is 4.37. The molecule has 2 aromatic carbocycles. The van der Waals surface area contributed by atoms with Crippen molar-refractivity contribution in [2.24, 2.45) is 0 Å². The van der Waals surface area contributed by atoms with E-state index in [-0.39, 0.29) is 5.95 Å². The molecule has 3 N–H and O–H groups in total. The Morgan fingerprint density at radius 1 is 1.17 bits per heavy atom. The Morgan fingerprint density at radius 3 is 2.57 bits per heavy atom. The molecule has 0 radical (unpaired) electrons. The SMILES string of the molecule is C=CC(O)Nc1cc(Nc2ncc(C(F)(F)F)c(-n3ncc4cc(C#N)ccc43)n2)c(OC)cc1N(C)CCN(C)C. The van der Waals surface area contributed by atoms with Crippen molar-refractivity contribution in [3.63, 3.8) is 0 Å². The first-order valence-corrected chi connectivity index (χ1v) is 12.7. The number of nitrogens with one attached hydrogen (secondary N) is 2. The maximum Gasteiger partial charge on any atom is 0.421 e. The minimum atomic E-state index is -4.77. The molecule has 0 saturated heterocycles. The molecule has 0 aliphatic rings.